The number of anilines is 2. The van der Waals surface area contributed by atoms with Gasteiger partial charge in [-0.05, 0) is 37.8 Å². The largest absolute Gasteiger partial charge is 0.383 e. The van der Waals surface area contributed by atoms with Gasteiger partial charge in [-0.15, -0.1) is 0 Å². The zero-order valence-corrected chi connectivity index (χ0v) is 16.9. The van der Waals surface area contributed by atoms with Crippen LogP contribution in [-0.2, 0) is 14.3 Å². The van der Waals surface area contributed by atoms with Crippen LogP contribution in [0.2, 0.25) is 0 Å². The van der Waals surface area contributed by atoms with Gasteiger partial charge in [0.15, 0.2) is 5.60 Å². The van der Waals surface area contributed by atoms with Crippen LogP contribution in [0.1, 0.15) is 25.7 Å². The molecule has 1 aromatic rings. The molecule has 0 aliphatic carbocycles. The second-order valence-electron chi connectivity index (χ2n) is 8.40. The topological polar surface area (TPSA) is 94.1 Å². The fraction of sp³-hybridized carbons (Fsp3) is 0.619. The Bertz CT molecular complexity index is 778. The van der Waals surface area contributed by atoms with Crippen molar-refractivity contribution in [2.24, 2.45) is 0 Å². The number of carbonyl (C=O) groups is 2. The van der Waals surface area contributed by atoms with E-state index < -0.39 is 11.1 Å². The van der Waals surface area contributed by atoms with E-state index >= 15 is 0 Å². The van der Waals surface area contributed by atoms with Crippen LogP contribution in [0.3, 0.4) is 0 Å². The van der Waals surface area contributed by atoms with Crippen LogP contribution < -0.4 is 10.6 Å². The summed E-state index contributed by atoms with van der Waals surface area (Å²) in [6.45, 7) is 3.24. The van der Waals surface area contributed by atoms with Gasteiger partial charge >= 0.3 is 0 Å². The van der Waals surface area contributed by atoms with Crippen LogP contribution in [0, 0.1) is 0 Å². The molecule has 158 valence electrons. The van der Waals surface area contributed by atoms with E-state index in [2.05, 4.69) is 15.5 Å². The number of rotatable bonds is 5. The third kappa shape index (κ3) is 3.84. The first-order chi connectivity index (χ1) is 14.0. The highest BCUT2D eigenvalue weighted by molar-refractivity contribution is 6.06. The minimum Gasteiger partial charge on any atom is -0.383 e. The minimum absolute atomic E-state index is 0.00551. The Balaban J connectivity index is 1.39. The van der Waals surface area contributed by atoms with Crippen LogP contribution in [0.5, 0.6) is 0 Å². The molecule has 0 radical (unpaired) electrons. The highest BCUT2D eigenvalue weighted by Gasteiger charge is 2.47. The normalized spacial score (nSPS) is 26.8. The van der Waals surface area contributed by atoms with Gasteiger partial charge in [0.25, 0.3) is 5.91 Å². The molecule has 3 N–H and O–H groups in total. The van der Waals surface area contributed by atoms with Crippen molar-refractivity contribution in [1.29, 1.82) is 0 Å². The number of nitrogens with zero attached hydrogens (tertiary/aromatic N) is 2. The number of hydrogen-bond acceptors (Lipinski definition) is 6. The third-order valence-corrected chi connectivity index (χ3v) is 6.45. The molecule has 8 heteroatoms. The second kappa shape index (κ2) is 7.93. The number of methoxy groups -OCH3 is 1. The van der Waals surface area contributed by atoms with Crippen LogP contribution in [0.25, 0.3) is 0 Å². The van der Waals surface area contributed by atoms with Crippen LogP contribution in [0.15, 0.2) is 24.3 Å². The Hall–Kier alpha value is -2.16. The van der Waals surface area contributed by atoms with Gasteiger partial charge in [0.2, 0.25) is 5.91 Å². The van der Waals surface area contributed by atoms with Gasteiger partial charge in [0, 0.05) is 39.8 Å². The first-order valence-corrected chi connectivity index (χ1v) is 10.4. The molecule has 1 spiro atoms. The molecule has 3 heterocycles. The van der Waals surface area contributed by atoms with Crippen molar-refractivity contribution < 1.29 is 19.4 Å². The minimum atomic E-state index is -1.36. The van der Waals surface area contributed by atoms with E-state index in [1.165, 1.54) is 0 Å². The third-order valence-electron chi connectivity index (χ3n) is 6.45. The first kappa shape index (κ1) is 20.1. The van der Waals surface area contributed by atoms with E-state index in [4.69, 9.17) is 4.74 Å². The number of amides is 2. The van der Waals surface area contributed by atoms with E-state index in [0.717, 1.165) is 17.8 Å². The summed E-state index contributed by atoms with van der Waals surface area (Å²) in [6.07, 6.45) is 2.52. The maximum absolute atomic E-state index is 12.8. The van der Waals surface area contributed by atoms with E-state index in [-0.39, 0.29) is 11.8 Å². The van der Waals surface area contributed by atoms with E-state index in [9.17, 15) is 14.7 Å². The average molecular weight is 402 g/mol. The molecule has 0 unspecified atom stereocenters. The fourth-order valence-electron chi connectivity index (χ4n) is 4.70. The summed E-state index contributed by atoms with van der Waals surface area (Å²) in [5, 5.41) is 17.5. The smallest absolute Gasteiger partial charge is 0.255 e. The van der Waals surface area contributed by atoms with E-state index in [0.29, 0.717) is 58.6 Å². The van der Waals surface area contributed by atoms with Crippen molar-refractivity contribution in [3.63, 3.8) is 0 Å². The van der Waals surface area contributed by atoms with Gasteiger partial charge < -0.3 is 25.4 Å². The summed E-state index contributed by atoms with van der Waals surface area (Å²) in [5.74, 6) is -0.211. The Labute approximate surface area is 171 Å². The fourth-order valence-corrected chi connectivity index (χ4v) is 4.70. The number of piperidine rings is 2. The highest BCUT2D eigenvalue weighted by atomic mass is 16.5. The Morgan fingerprint density at radius 1 is 1.10 bits per heavy atom. The predicted molar refractivity (Wildman–Crippen MR) is 110 cm³/mol. The lowest BCUT2D eigenvalue weighted by Gasteiger charge is -2.46. The van der Waals surface area contributed by atoms with Crippen molar-refractivity contribution in [1.82, 2.24) is 9.80 Å². The van der Waals surface area contributed by atoms with Gasteiger partial charge in [-0.25, -0.2) is 0 Å². The maximum Gasteiger partial charge on any atom is 0.255 e. The number of para-hydroxylation sites is 2. The monoisotopic (exact) mass is 402 g/mol. The summed E-state index contributed by atoms with van der Waals surface area (Å²) < 4.78 is 5.08. The second-order valence-corrected chi connectivity index (χ2v) is 8.40. The number of ether oxygens (including phenoxy) is 1. The molecule has 4 rings (SSSR count). The summed E-state index contributed by atoms with van der Waals surface area (Å²) in [5.41, 5.74) is -0.237. The van der Waals surface area contributed by atoms with Crippen molar-refractivity contribution >= 4 is 23.2 Å². The number of hydrogen-bond donors (Lipinski definition) is 3. The Morgan fingerprint density at radius 2 is 1.83 bits per heavy atom. The quantitative estimate of drug-likeness (QED) is 0.677. The molecule has 8 nitrogen and oxygen atoms in total. The molecule has 3 aliphatic heterocycles. The molecule has 0 bridgehead atoms. The summed E-state index contributed by atoms with van der Waals surface area (Å²) in [7, 11) is 1.61. The maximum atomic E-state index is 12.8. The lowest BCUT2D eigenvalue weighted by atomic mass is 9.83. The first-order valence-electron chi connectivity index (χ1n) is 10.4. The molecule has 29 heavy (non-hydrogen) atoms. The van der Waals surface area contributed by atoms with Crippen LogP contribution in [-0.4, -0.2) is 84.3 Å². The van der Waals surface area contributed by atoms with Crippen molar-refractivity contribution in [3.8, 4) is 0 Å². The van der Waals surface area contributed by atoms with Crippen LogP contribution >= 0.6 is 0 Å². The molecule has 2 saturated heterocycles. The molecule has 1 aromatic carbocycles. The van der Waals surface area contributed by atoms with E-state index in [1.54, 1.807) is 12.0 Å². The van der Waals surface area contributed by atoms with E-state index in [1.807, 2.05) is 24.3 Å². The molecule has 2 fully saturated rings. The SMILES string of the molecule is COCCN1CCC[C@@](O)(CN2CCC3(CC2)Nc2ccccc2NC3=O)C1=O. The number of carbonyl (C=O) groups excluding carboxylic acids is 2. The summed E-state index contributed by atoms with van der Waals surface area (Å²) in [4.78, 5) is 29.4. The Kier molecular flexibility index (Phi) is 5.50. The molecule has 1 atom stereocenters. The lowest BCUT2D eigenvalue weighted by Crippen LogP contribution is -2.62. The molecule has 2 amide bonds. The standard InChI is InChI=1S/C21H30N4O4/c1-29-14-13-25-10-4-7-21(28,19(25)27)15-24-11-8-20(9-12-24)18(26)22-16-5-2-3-6-17(16)23-20/h2-3,5-6,23,28H,4,7-15H2,1H3,(H,22,26)/t21-/m1/s1. The molecule has 3 aliphatic rings. The van der Waals surface area contributed by atoms with Gasteiger partial charge in [0.1, 0.15) is 5.54 Å². The molecular formula is C21H30N4O4. The predicted octanol–water partition coefficient (Wildman–Crippen LogP) is 0.885. The molecule has 0 saturated carbocycles. The average Bonchev–Trinajstić information content (AvgIpc) is 2.72. The molecule has 0 aromatic heterocycles. The van der Waals surface area contributed by atoms with Gasteiger partial charge in [0.05, 0.1) is 18.0 Å². The van der Waals surface area contributed by atoms with Crippen molar-refractivity contribution in [3.05, 3.63) is 24.3 Å². The Morgan fingerprint density at radius 3 is 2.55 bits per heavy atom. The number of likely N-dealkylation sites (tertiary alicyclic amines) is 2. The summed E-state index contributed by atoms with van der Waals surface area (Å²) >= 11 is 0. The number of nitrogens with one attached hydrogen (secondary N) is 2. The van der Waals surface area contributed by atoms with Gasteiger partial charge in [-0.1, -0.05) is 12.1 Å². The molecular weight excluding hydrogens is 372 g/mol. The van der Waals surface area contributed by atoms with Gasteiger partial charge in [-0.2, -0.15) is 0 Å². The number of aliphatic hydroxyl groups is 1. The van der Waals surface area contributed by atoms with Crippen LogP contribution in [0.4, 0.5) is 11.4 Å². The number of fused-ring (bicyclic) bond motifs is 1. The van der Waals surface area contributed by atoms with Crippen molar-refractivity contribution in [2.75, 3.05) is 57.1 Å². The van der Waals surface area contributed by atoms with Crippen molar-refractivity contribution in [2.45, 2.75) is 36.8 Å². The zero-order valence-electron chi connectivity index (χ0n) is 16.9. The van der Waals surface area contributed by atoms with Gasteiger partial charge in [-0.3, -0.25) is 14.5 Å². The highest BCUT2D eigenvalue weighted by Crippen LogP contribution is 2.37. The summed E-state index contributed by atoms with van der Waals surface area (Å²) in [6, 6.07) is 7.72. The lowest BCUT2D eigenvalue weighted by molar-refractivity contribution is -0.160. The number of β-amino-alcohol motifs (C(OH)–C–C–N with tert-alkyl or cyclic N) is 1. The zero-order chi connectivity index (χ0) is 20.5. The number of benzene rings is 1.